The topological polar surface area (TPSA) is 73.2 Å². The Morgan fingerprint density at radius 3 is 2.67 bits per heavy atom. The Hall–Kier alpha value is -2.86. The first-order valence-corrected chi connectivity index (χ1v) is 7.60. The molecule has 0 unspecified atom stereocenters. The van der Waals surface area contributed by atoms with Gasteiger partial charge < -0.3 is 14.6 Å². The lowest BCUT2D eigenvalue weighted by molar-refractivity contribution is -0.147. The molecule has 0 aliphatic rings. The Kier molecular flexibility index (Phi) is 4.77. The molecule has 1 heterocycles. The summed E-state index contributed by atoms with van der Waals surface area (Å²) in [6.07, 6.45) is 1.57. The number of carbonyl (C=O) groups is 2. The fourth-order valence-electron chi connectivity index (χ4n) is 2.20. The quantitative estimate of drug-likeness (QED) is 0.723. The molecule has 7 heteroatoms. The highest BCUT2D eigenvalue weighted by molar-refractivity contribution is 6.30. The molecule has 3 rings (SSSR count). The third kappa shape index (κ3) is 3.91. The van der Waals surface area contributed by atoms with Crippen LogP contribution in [0.25, 0.3) is 11.0 Å². The minimum absolute atomic E-state index is 0.00522. The molecule has 1 aromatic heterocycles. The minimum atomic E-state index is -0.510. The summed E-state index contributed by atoms with van der Waals surface area (Å²) in [5, 5.41) is 3.19. The number of nitrogens with zero attached hydrogens (tertiary/aromatic N) is 2. The Balaban J connectivity index is 1.52. The molecule has 6 nitrogen and oxygen atoms in total. The second-order valence-electron chi connectivity index (χ2n) is 5.08. The van der Waals surface area contributed by atoms with E-state index >= 15 is 0 Å². The summed E-state index contributed by atoms with van der Waals surface area (Å²) in [6.45, 7) is -0.358. The lowest BCUT2D eigenvalue weighted by Gasteiger charge is -2.07. The number of anilines is 1. The molecular weight excluding hydrogens is 330 g/mol. The number of hydrogen-bond donors (Lipinski definition) is 1. The van der Waals surface area contributed by atoms with Gasteiger partial charge in [-0.3, -0.25) is 9.59 Å². The van der Waals surface area contributed by atoms with Crippen LogP contribution in [0, 0.1) is 0 Å². The van der Waals surface area contributed by atoms with Crippen molar-refractivity contribution in [1.29, 1.82) is 0 Å². The zero-order valence-electron chi connectivity index (χ0n) is 12.6. The Morgan fingerprint density at radius 1 is 1.12 bits per heavy atom. The highest BCUT2D eigenvalue weighted by Crippen LogP contribution is 2.13. The molecule has 0 fully saturated rings. The second kappa shape index (κ2) is 7.14. The normalized spacial score (nSPS) is 10.5. The predicted octanol–water partition coefficient (Wildman–Crippen LogP) is 2.87. The van der Waals surface area contributed by atoms with Gasteiger partial charge in [0, 0.05) is 10.7 Å². The molecule has 1 amide bonds. The van der Waals surface area contributed by atoms with Crippen LogP contribution < -0.4 is 5.32 Å². The average molecular weight is 344 g/mol. The van der Waals surface area contributed by atoms with E-state index in [1.807, 2.05) is 24.3 Å². The zero-order chi connectivity index (χ0) is 16.9. The van der Waals surface area contributed by atoms with E-state index in [0.29, 0.717) is 10.7 Å². The van der Waals surface area contributed by atoms with Crippen molar-refractivity contribution in [3.63, 3.8) is 0 Å². The molecule has 24 heavy (non-hydrogen) atoms. The van der Waals surface area contributed by atoms with Crippen LogP contribution in [0.15, 0.2) is 54.9 Å². The molecular formula is C17H14ClN3O3. The number of fused-ring (bicyclic) bond motifs is 1. The van der Waals surface area contributed by atoms with Crippen molar-refractivity contribution in [3.05, 3.63) is 59.9 Å². The maximum absolute atomic E-state index is 11.9. The highest BCUT2D eigenvalue weighted by atomic mass is 35.5. The summed E-state index contributed by atoms with van der Waals surface area (Å²) < 4.78 is 6.67. The summed E-state index contributed by atoms with van der Waals surface area (Å²) in [5.74, 6) is -0.925. The molecule has 0 saturated carbocycles. The number of halogens is 1. The standard InChI is InChI=1S/C17H14ClN3O3/c18-12-5-7-13(8-6-12)20-16(22)10-24-17(23)9-21-11-19-14-3-1-2-4-15(14)21/h1-8,11H,9-10H2,(H,20,22). The molecule has 0 aliphatic carbocycles. The van der Waals surface area contributed by atoms with Crippen LogP contribution in [0.2, 0.25) is 5.02 Å². The van der Waals surface area contributed by atoms with Crippen LogP contribution in [0.4, 0.5) is 5.69 Å². The number of rotatable bonds is 5. The SMILES string of the molecule is O=C(COC(=O)Cn1cnc2ccccc21)Nc1ccc(Cl)cc1. The molecule has 2 aromatic carbocycles. The van der Waals surface area contributed by atoms with Crippen LogP contribution in [-0.4, -0.2) is 28.0 Å². The third-order valence-electron chi connectivity index (χ3n) is 3.32. The number of benzene rings is 2. The van der Waals surface area contributed by atoms with Crippen LogP contribution in [0.3, 0.4) is 0 Å². The van der Waals surface area contributed by atoms with E-state index in [0.717, 1.165) is 11.0 Å². The summed E-state index contributed by atoms with van der Waals surface area (Å²) in [5.41, 5.74) is 2.21. The lowest BCUT2D eigenvalue weighted by Crippen LogP contribution is -2.22. The van der Waals surface area contributed by atoms with Crippen molar-refractivity contribution < 1.29 is 14.3 Å². The monoisotopic (exact) mass is 343 g/mol. The van der Waals surface area contributed by atoms with E-state index in [-0.39, 0.29) is 13.2 Å². The first kappa shape index (κ1) is 16.0. The molecule has 0 atom stereocenters. The fraction of sp³-hybridized carbons (Fsp3) is 0.118. The van der Waals surface area contributed by atoms with E-state index in [4.69, 9.17) is 16.3 Å². The zero-order valence-corrected chi connectivity index (χ0v) is 13.4. The van der Waals surface area contributed by atoms with Gasteiger partial charge >= 0.3 is 5.97 Å². The maximum Gasteiger partial charge on any atom is 0.326 e. The van der Waals surface area contributed by atoms with Crippen LogP contribution in [-0.2, 0) is 20.9 Å². The molecule has 122 valence electrons. The van der Waals surface area contributed by atoms with Gasteiger partial charge in [-0.25, -0.2) is 4.98 Å². The number of imidazole rings is 1. The van der Waals surface area contributed by atoms with Crippen molar-refractivity contribution in [2.45, 2.75) is 6.54 Å². The first-order valence-electron chi connectivity index (χ1n) is 7.23. The highest BCUT2D eigenvalue weighted by Gasteiger charge is 2.10. The fourth-order valence-corrected chi connectivity index (χ4v) is 2.32. The first-order chi connectivity index (χ1) is 11.6. The Bertz CT molecular complexity index is 874. The van der Waals surface area contributed by atoms with Gasteiger partial charge in [0.05, 0.1) is 17.4 Å². The summed E-state index contributed by atoms with van der Waals surface area (Å²) >= 11 is 5.77. The van der Waals surface area contributed by atoms with Crippen LogP contribution in [0.5, 0.6) is 0 Å². The number of para-hydroxylation sites is 2. The largest absolute Gasteiger partial charge is 0.454 e. The Morgan fingerprint density at radius 2 is 1.88 bits per heavy atom. The van der Waals surface area contributed by atoms with E-state index in [1.165, 1.54) is 0 Å². The number of hydrogen-bond acceptors (Lipinski definition) is 4. The number of esters is 1. The number of amides is 1. The molecule has 0 bridgehead atoms. The maximum atomic E-state index is 11.9. The molecule has 3 aromatic rings. The van der Waals surface area contributed by atoms with Gasteiger partial charge in [-0.2, -0.15) is 0 Å². The predicted molar refractivity (Wildman–Crippen MR) is 90.8 cm³/mol. The van der Waals surface area contributed by atoms with Gasteiger partial charge in [-0.1, -0.05) is 23.7 Å². The van der Waals surface area contributed by atoms with Gasteiger partial charge in [0.15, 0.2) is 6.61 Å². The third-order valence-corrected chi connectivity index (χ3v) is 3.57. The summed E-state index contributed by atoms with van der Waals surface area (Å²) in [4.78, 5) is 27.9. The molecule has 0 aliphatic heterocycles. The van der Waals surface area contributed by atoms with Gasteiger partial charge in [0.25, 0.3) is 5.91 Å². The number of aromatic nitrogens is 2. The summed E-state index contributed by atoms with van der Waals surface area (Å²) in [7, 11) is 0. The van der Waals surface area contributed by atoms with Crippen molar-refractivity contribution in [2.24, 2.45) is 0 Å². The minimum Gasteiger partial charge on any atom is -0.454 e. The van der Waals surface area contributed by atoms with Crippen molar-refractivity contribution in [1.82, 2.24) is 9.55 Å². The van der Waals surface area contributed by atoms with Crippen LogP contribution in [0.1, 0.15) is 0 Å². The van der Waals surface area contributed by atoms with Crippen molar-refractivity contribution in [2.75, 3.05) is 11.9 Å². The van der Waals surface area contributed by atoms with E-state index in [2.05, 4.69) is 10.3 Å². The van der Waals surface area contributed by atoms with Gasteiger partial charge in [0.2, 0.25) is 0 Å². The smallest absolute Gasteiger partial charge is 0.326 e. The van der Waals surface area contributed by atoms with Gasteiger partial charge in [0.1, 0.15) is 6.54 Å². The molecule has 0 radical (unpaired) electrons. The second-order valence-corrected chi connectivity index (χ2v) is 5.51. The lowest BCUT2D eigenvalue weighted by atomic mass is 10.3. The van der Waals surface area contributed by atoms with E-state index < -0.39 is 11.9 Å². The van der Waals surface area contributed by atoms with Crippen molar-refractivity contribution >= 4 is 40.2 Å². The average Bonchev–Trinajstić information content (AvgIpc) is 2.98. The Labute approximate surface area is 143 Å². The molecule has 0 spiro atoms. The van der Waals surface area contributed by atoms with Crippen LogP contribution >= 0.6 is 11.6 Å². The van der Waals surface area contributed by atoms with Crippen molar-refractivity contribution in [3.8, 4) is 0 Å². The number of ether oxygens (including phenoxy) is 1. The summed E-state index contributed by atoms with van der Waals surface area (Å²) in [6, 6.07) is 14.1. The van der Waals surface area contributed by atoms with E-state index in [1.54, 1.807) is 35.2 Å². The van der Waals surface area contributed by atoms with Gasteiger partial charge in [-0.15, -0.1) is 0 Å². The number of carbonyl (C=O) groups excluding carboxylic acids is 2. The molecule has 1 N–H and O–H groups in total. The van der Waals surface area contributed by atoms with Gasteiger partial charge in [-0.05, 0) is 36.4 Å². The number of nitrogens with one attached hydrogen (secondary N) is 1. The molecule has 0 saturated heterocycles. The van der Waals surface area contributed by atoms with E-state index in [9.17, 15) is 9.59 Å².